The number of hydrogen-bond donors (Lipinski definition) is 1. The summed E-state index contributed by atoms with van der Waals surface area (Å²) in [7, 11) is -2.40. The van der Waals surface area contributed by atoms with Crippen molar-refractivity contribution in [2.75, 3.05) is 24.9 Å². The van der Waals surface area contributed by atoms with Gasteiger partial charge in [0.15, 0.2) is 0 Å². The lowest BCUT2D eigenvalue weighted by Gasteiger charge is -2.43. The monoisotopic (exact) mass is 483 g/mol. The second-order valence-electron chi connectivity index (χ2n) is 8.99. The van der Waals surface area contributed by atoms with Crippen molar-refractivity contribution >= 4 is 15.7 Å². The number of rotatable bonds is 6. The summed E-state index contributed by atoms with van der Waals surface area (Å²) in [6.07, 6.45) is 0.996. The predicted octanol–water partition coefficient (Wildman–Crippen LogP) is 3.42. The Hall–Kier alpha value is -3.17. The van der Waals surface area contributed by atoms with E-state index in [0.29, 0.717) is 12.3 Å². The van der Waals surface area contributed by atoms with Crippen LogP contribution in [-0.4, -0.2) is 38.1 Å². The van der Waals surface area contributed by atoms with Crippen LogP contribution in [-0.2, 0) is 23.1 Å². The van der Waals surface area contributed by atoms with Gasteiger partial charge in [0.05, 0.1) is 12.0 Å². The largest absolute Gasteiger partial charge is 0.497 e. The molecule has 3 heterocycles. The van der Waals surface area contributed by atoms with Gasteiger partial charge in [0.1, 0.15) is 17.3 Å². The van der Waals surface area contributed by atoms with Gasteiger partial charge in [0.2, 0.25) is 0 Å². The fourth-order valence-corrected chi connectivity index (χ4v) is 6.12. The van der Waals surface area contributed by atoms with Crippen molar-refractivity contribution in [1.29, 1.82) is 0 Å². The molecule has 0 aliphatic carbocycles. The molecule has 7 nitrogen and oxygen atoms in total. The van der Waals surface area contributed by atoms with Gasteiger partial charge >= 0.3 is 0 Å². The average molecular weight is 484 g/mol. The number of methoxy groups -OCH3 is 1. The zero-order valence-corrected chi connectivity index (χ0v) is 19.6. The van der Waals surface area contributed by atoms with Gasteiger partial charge in [-0.2, -0.15) is 0 Å². The van der Waals surface area contributed by atoms with E-state index in [9.17, 15) is 17.6 Å². The van der Waals surface area contributed by atoms with Crippen LogP contribution in [0.4, 0.5) is 10.1 Å². The standard InChI is InChI=1S/C25H26FN3O4S/c1-33-21-6-8-22(9-7-21)34(31,32)27-23-10-11-24-19-12-18(15-29(24)25(23)30)14-28(16-19)13-17-2-4-20(26)5-3-17/h2-11,18-19,27H,12-16H2,1H3/t18-,19-/m1/s1. The van der Waals surface area contributed by atoms with Crippen LogP contribution in [0.25, 0.3) is 0 Å². The maximum absolute atomic E-state index is 13.2. The summed E-state index contributed by atoms with van der Waals surface area (Å²) >= 11 is 0. The molecule has 1 N–H and O–H groups in total. The Labute approximate surface area is 197 Å². The summed E-state index contributed by atoms with van der Waals surface area (Å²) in [5.41, 5.74) is 1.71. The molecule has 0 unspecified atom stereocenters. The second-order valence-corrected chi connectivity index (χ2v) is 10.7. The number of hydrogen-bond acceptors (Lipinski definition) is 5. The molecule has 1 aromatic heterocycles. The molecule has 0 amide bonds. The van der Waals surface area contributed by atoms with E-state index >= 15 is 0 Å². The fraction of sp³-hybridized carbons (Fsp3) is 0.320. The van der Waals surface area contributed by atoms with Crippen molar-refractivity contribution in [3.8, 4) is 5.75 Å². The lowest BCUT2D eigenvalue weighted by atomic mass is 9.83. The minimum absolute atomic E-state index is 0.0442. The van der Waals surface area contributed by atoms with Gasteiger partial charge in [-0.25, -0.2) is 12.8 Å². The molecule has 5 rings (SSSR count). The molecule has 0 spiro atoms. The van der Waals surface area contributed by atoms with Gasteiger partial charge < -0.3 is 9.30 Å². The summed E-state index contributed by atoms with van der Waals surface area (Å²) < 4.78 is 48.1. The minimum Gasteiger partial charge on any atom is -0.497 e. The predicted molar refractivity (Wildman–Crippen MR) is 127 cm³/mol. The molecule has 1 fully saturated rings. The number of ether oxygens (including phenoxy) is 1. The number of sulfonamides is 1. The SMILES string of the molecule is COc1ccc(S(=O)(=O)Nc2ccc3n(c2=O)C[C@@H]2C[C@@H]3CN(Cc3ccc(F)cc3)C2)cc1. The van der Waals surface area contributed by atoms with Gasteiger partial charge in [-0.15, -0.1) is 0 Å². The molecular weight excluding hydrogens is 457 g/mol. The molecule has 9 heteroatoms. The van der Waals surface area contributed by atoms with Crippen LogP contribution in [0, 0.1) is 11.7 Å². The zero-order valence-electron chi connectivity index (χ0n) is 18.8. The molecule has 178 valence electrons. The molecular formula is C25H26FN3O4S. The number of nitrogens with zero attached hydrogens (tertiary/aromatic N) is 2. The average Bonchev–Trinajstić information content (AvgIpc) is 2.82. The molecule has 2 aliphatic heterocycles. The number of likely N-dealkylation sites (tertiary alicyclic amines) is 1. The first kappa shape index (κ1) is 22.6. The van der Waals surface area contributed by atoms with Crippen molar-refractivity contribution < 1.29 is 17.5 Å². The molecule has 0 saturated carbocycles. The van der Waals surface area contributed by atoms with E-state index in [-0.39, 0.29) is 33.8 Å². The maximum atomic E-state index is 13.2. The van der Waals surface area contributed by atoms with Crippen molar-refractivity contribution in [2.45, 2.75) is 30.3 Å². The number of benzene rings is 2. The Morgan fingerprint density at radius 3 is 2.44 bits per heavy atom. The molecule has 2 atom stereocenters. The van der Waals surface area contributed by atoms with Crippen LogP contribution in [0.5, 0.6) is 5.75 Å². The van der Waals surface area contributed by atoms with Crippen LogP contribution in [0.3, 0.4) is 0 Å². The number of nitrogens with one attached hydrogen (secondary N) is 1. The first-order valence-corrected chi connectivity index (χ1v) is 12.7. The molecule has 2 bridgehead atoms. The molecule has 3 aromatic rings. The number of pyridine rings is 1. The van der Waals surface area contributed by atoms with Crippen LogP contribution in [0.15, 0.2) is 70.4 Å². The highest BCUT2D eigenvalue weighted by Crippen LogP contribution is 2.36. The number of halogens is 1. The number of anilines is 1. The highest BCUT2D eigenvalue weighted by atomic mass is 32.2. The molecule has 2 aliphatic rings. The Morgan fingerprint density at radius 2 is 1.74 bits per heavy atom. The maximum Gasteiger partial charge on any atom is 0.275 e. The molecule has 0 radical (unpaired) electrons. The third kappa shape index (κ3) is 4.45. The number of fused-ring (bicyclic) bond motifs is 4. The quantitative estimate of drug-likeness (QED) is 0.581. The van der Waals surface area contributed by atoms with Crippen molar-refractivity contribution in [2.24, 2.45) is 5.92 Å². The molecule has 34 heavy (non-hydrogen) atoms. The van der Waals surface area contributed by atoms with Gasteiger partial charge in [-0.1, -0.05) is 12.1 Å². The summed E-state index contributed by atoms with van der Waals surface area (Å²) in [5, 5.41) is 0. The first-order valence-electron chi connectivity index (χ1n) is 11.2. The lowest BCUT2D eigenvalue weighted by molar-refractivity contribution is 0.114. The van der Waals surface area contributed by atoms with Crippen LogP contribution in [0.2, 0.25) is 0 Å². The summed E-state index contributed by atoms with van der Waals surface area (Å²) in [4.78, 5) is 15.6. The van der Waals surface area contributed by atoms with E-state index in [1.807, 2.05) is 6.07 Å². The van der Waals surface area contributed by atoms with E-state index in [1.54, 1.807) is 34.9 Å². The Kier molecular flexibility index (Phi) is 5.91. The van der Waals surface area contributed by atoms with E-state index in [0.717, 1.165) is 37.3 Å². The Morgan fingerprint density at radius 1 is 1.00 bits per heavy atom. The Balaban J connectivity index is 1.36. The van der Waals surface area contributed by atoms with Gasteiger partial charge in [-0.05, 0) is 66.4 Å². The van der Waals surface area contributed by atoms with E-state index < -0.39 is 10.0 Å². The summed E-state index contributed by atoms with van der Waals surface area (Å²) in [6, 6.07) is 16.0. The highest BCUT2D eigenvalue weighted by molar-refractivity contribution is 7.92. The fourth-order valence-electron chi connectivity index (χ4n) is 5.06. The molecule has 2 aromatic carbocycles. The molecule has 1 saturated heterocycles. The smallest absolute Gasteiger partial charge is 0.275 e. The van der Waals surface area contributed by atoms with Crippen molar-refractivity contribution in [3.05, 3.63) is 88.1 Å². The number of aromatic nitrogens is 1. The van der Waals surface area contributed by atoms with Crippen LogP contribution >= 0.6 is 0 Å². The summed E-state index contributed by atoms with van der Waals surface area (Å²) in [5.74, 6) is 0.782. The topological polar surface area (TPSA) is 80.6 Å². The van der Waals surface area contributed by atoms with Crippen molar-refractivity contribution in [3.63, 3.8) is 0 Å². The lowest BCUT2D eigenvalue weighted by Crippen LogP contribution is -2.47. The van der Waals surface area contributed by atoms with Crippen LogP contribution in [0.1, 0.15) is 23.6 Å². The van der Waals surface area contributed by atoms with Crippen molar-refractivity contribution in [1.82, 2.24) is 9.47 Å². The van der Waals surface area contributed by atoms with E-state index in [4.69, 9.17) is 4.74 Å². The van der Waals surface area contributed by atoms with E-state index in [1.165, 1.54) is 31.4 Å². The minimum atomic E-state index is -3.91. The third-order valence-electron chi connectivity index (χ3n) is 6.61. The van der Waals surface area contributed by atoms with Gasteiger partial charge in [0.25, 0.3) is 15.6 Å². The van der Waals surface area contributed by atoms with Crippen LogP contribution < -0.4 is 15.0 Å². The zero-order chi connectivity index (χ0) is 23.9. The Bertz CT molecular complexity index is 1350. The first-order chi connectivity index (χ1) is 16.3. The van der Waals surface area contributed by atoms with Gasteiger partial charge in [-0.3, -0.25) is 14.4 Å². The van der Waals surface area contributed by atoms with Gasteiger partial charge in [0, 0.05) is 37.8 Å². The highest BCUT2D eigenvalue weighted by Gasteiger charge is 2.35. The second kappa shape index (κ2) is 8.88. The summed E-state index contributed by atoms with van der Waals surface area (Å²) in [6.45, 7) is 2.91. The van der Waals surface area contributed by atoms with E-state index in [2.05, 4.69) is 9.62 Å². The number of piperidine rings is 1. The normalized spacial score (nSPS) is 19.9. The third-order valence-corrected chi connectivity index (χ3v) is 7.99.